The van der Waals surface area contributed by atoms with Gasteiger partial charge in [-0.1, -0.05) is 24.9 Å². The minimum Gasteiger partial charge on any atom is -0.493 e. The molecule has 0 radical (unpaired) electrons. The lowest BCUT2D eigenvalue weighted by atomic mass is 10.3. The van der Waals surface area contributed by atoms with Crippen LogP contribution in [0.15, 0.2) is 83.3 Å². The molecular formula is C21H22O4S. The highest BCUT2D eigenvalue weighted by Gasteiger charge is 2.03. The number of benzene rings is 2. The minimum absolute atomic E-state index is 0.325. The van der Waals surface area contributed by atoms with E-state index in [1.165, 1.54) is 6.26 Å². The van der Waals surface area contributed by atoms with E-state index in [1.54, 1.807) is 18.7 Å². The Morgan fingerprint density at radius 2 is 1.58 bits per heavy atom. The number of hydrogen-bond donors (Lipinski definition) is 0. The topological polar surface area (TPSA) is 44.8 Å². The molecule has 0 aromatic heterocycles. The fraction of sp³-hybridized carbons (Fsp3) is 0.190. The van der Waals surface area contributed by atoms with Crippen molar-refractivity contribution in [3.8, 4) is 11.5 Å². The van der Waals surface area contributed by atoms with Crippen LogP contribution in [0.1, 0.15) is 13.3 Å². The van der Waals surface area contributed by atoms with Crippen LogP contribution in [-0.2, 0) is 9.53 Å². The molecule has 0 heterocycles. The Morgan fingerprint density at radius 3 is 2.12 bits per heavy atom. The van der Waals surface area contributed by atoms with Crippen molar-refractivity contribution in [2.75, 3.05) is 13.2 Å². The Morgan fingerprint density at radius 1 is 1.00 bits per heavy atom. The zero-order valence-electron chi connectivity index (χ0n) is 14.8. The standard InChI is InChI=1S/C21H22O4S/c1-4-23-17-6-10-19(11-7-17)26-20-12-8-18(9-13-20)24-14-5-15-25-21(22)16(2)3/h4,6-13H,1-2,5,14-15H2,3H3. The van der Waals surface area contributed by atoms with E-state index in [9.17, 15) is 4.79 Å². The van der Waals surface area contributed by atoms with Gasteiger partial charge < -0.3 is 14.2 Å². The third kappa shape index (κ3) is 6.69. The predicted octanol–water partition coefficient (Wildman–Crippen LogP) is 5.25. The van der Waals surface area contributed by atoms with E-state index in [0.717, 1.165) is 21.3 Å². The zero-order chi connectivity index (χ0) is 18.8. The summed E-state index contributed by atoms with van der Waals surface area (Å²) in [4.78, 5) is 13.5. The van der Waals surface area contributed by atoms with Crippen molar-refractivity contribution < 1.29 is 19.0 Å². The van der Waals surface area contributed by atoms with E-state index in [1.807, 2.05) is 48.5 Å². The molecule has 0 unspecified atom stereocenters. The first-order chi connectivity index (χ1) is 12.6. The highest BCUT2D eigenvalue weighted by molar-refractivity contribution is 7.99. The number of hydrogen-bond acceptors (Lipinski definition) is 5. The Balaban J connectivity index is 1.74. The van der Waals surface area contributed by atoms with Crippen LogP contribution < -0.4 is 9.47 Å². The summed E-state index contributed by atoms with van der Waals surface area (Å²) in [6.45, 7) is 9.51. The molecule has 0 amide bonds. The molecule has 4 nitrogen and oxygen atoms in total. The summed E-state index contributed by atoms with van der Waals surface area (Å²) < 4.78 is 15.9. The van der Waals surface area contributed by atoms with E-state index in [4.69, 9.17) is 14.2 Å². The van der Waals surface area contributed by atoms with Gasteiger partial charge in [-0.25, -0.2) is 4.79 Å². The van der Waals surface area contributed by atoms with Crippen molar-refractivity contribution in [2.45, 2.75) is 23.1 Å². The number of esters is 1. The summed E-state index contributed by atoms with van der Waals surface area (Å²) in [5.41, 5.74) is 0.405. The molecule has 0 atom stereocenters. The summed E-state index contributed by atoms with van der Waals surface area (Å²) in [7, 11) is 0. The van der Waals surface area contributed by atoms with E-state index in [2.05, 4.69) is 13.2 Å². The molecular weight excluding hydrogens is 348 g/mol. The van der Waals surface area contributed by atoms with Gasteiger partial charge in [-0.3, -0.25) is 0 Å². The smallest absolute Gasteiger partial charge is 0.333 e. The summed E-state index contributed by atoms with van der Waals surface area (Å²) in [6, 6.07) is 15.7. The average molecular weight is 370 g/mol. The maximum Gasteiger partial charge on any atom is 0.333 e. The van der Waals surface area contributed by atoms with Crippen LogP contribution in [0.25, 0.3) is 0 Å². The molecule has 2 aromatic carbocycles. The van der Waals surface area contributed by atoms with Gasteiger partial charge in [0.1, 0.15) is 11.5 Å². The third-order valence-electron chi connectivity index (χ3n) is 3.24. The second kappa shape index (κ2) is 10.4. The molecule has 0 N–H and O–H groups in total. The molecule has 0 aliphatic heterocycles. The van der Waals surface area contributed by atoms with Crippen LogP contribution in [0, 0.1) is 0 Å². The molecule has 0 bridgehead atoms. The lowest BCUT2D eigenvalue weighted by Gasteiger charge is -2.08. The first kappa shape index (κ1) is 19.7. The van der Waals surface area contributed by atoms with Crippen molar-refractivity contribution in [3.63, 3.8) is 0 Å². The van der Waals surface area contributed by atoms with Crippen molar-refractivity contribution in [3.05, 3.63) is 73.5 Å². The van der Waals surface area contributed by atoms with Crippen molar-refractivity contribution in [2.24, 2.45) is 0 Å². The van der Waals surface area contributed by atoms with Gasteiger partial charge >= 0.3 is 5.97 Å². The Hall–Kier alpha value is -2.66. The quantitative estimate of drug-likeness (QED) is 0.247. The van der Waals surface area contributed by atoms with E-state index in [0.29, 0.717) is 25.2 Å². The second-order valence-electron chi connectivity index (χ2n) is 5.45. The first-order valence-electron chi connectivity index (χ1n) is 8.19. The summed E-state index contributed by atoms with van der Waals surface area (Å²) in [5, 5.41) is 0. The van der Waals surface area contributed by atoms with E-state index < -0.39 is 0 Å². The summed E-state index contributed by atoms with van der Waals surface area (Å²) in [5.74, 6) is 1.19. The molecule has 2 aromatic rings. The van der Waals surface area contributed by atoms with Gasteiger partial charge in [0.05, 0.1) is 19.5 Å². The molecule has 0 fully saturated rings. The molecule has 0 saturated heterocycles. The van der Waals surface area contributed by atoms with Crippen molar-refractivity contribution in [1.82, 2.24) is 0 Å². The molecule has 2 rings (SSSR count). The molecule has 26 heavy (non-hydrogen) atoms. The zero-order valence-corrected chi connectivity index (χ0v) is 15.6. The number of carbonyl (C=O) groups excluding carboxylic acids is 1. The van der Waals surface area contributed by atoms with Gasteiger partial charge in [0.15, 0.2) is 0 Å². The predicted molar refractivity (Wildman–Crippen MR) is 104 cm³/mol. The summed E-state index contributed by atoms with van der Waals surface area (Å²) in [6.07, 6.45) is 2.04. The second-order valence-corrected chi connectivity index (χ2v) is 6.59. The van der Waals surface area contributed by atoms with Crippen LogP contribution in [0.3, 0.4) is 0 Å². The van der Waals surface area contributed by atoms with Gasteiger partial charge in [-0.2, -0.15) is 0 Å². The molecule has 0 saturated carbocycles. The molecule has 0 spiro atoms. The van der Waals surface area contributed by atoms with Gasteiger partial charge in [0, 0.05) is 21.8 Å². The fourth-order valence-corrected chi connectivity index (χ4v) is 2.78. The first-order valence-corrected chi connectivity index (χ1v) is 9.01. The number of carbonyl (C=O) groups is 1. The number of rotatable bonds is 10. The van der Waals surface area contributed by atoms with Gasteiger partial charge in [-0.15, -0.1) is 0 Å². The highest BCUT2D eigenvalue weighted by Crippen LogP contribution is 2.30. The van der Waals surface area contributed by atoms with Crippen molar-refractivity contribution >= 4 is 17.7 Å². The molecule has 0 aliphatic rings. The van der Waals surface area contributed by atoms with Crippen molar-refractivity contribution in [1.29, 1.82) is 0 Å². The molecule has 0 aliphatic carbocycles. The van der Waals surface area contributed by atoms with Gasteiger partial charge in [0.2, 0.25) is 0 Å². The van der Waals surface area contributed by atoms with Crippen LogP contribution in [0.4, 0.5) is 0 Å². The monoisotopic (exact) mass is 370 g/mol. The van der Waals surface area contributed by atoms with E-state index >= 15 is 0 Å². The lowest BCUT2D eigenvalue weighted by Crippen LogP contribution is -2.09. The Bertz CT molecular complexity index is 736. The maximum absolute atomic E-state index is 11.2. The average Bonchev–Trinajstić information content (AvgIpc) is 2.64. The van der Waals surface area contributed by atoms with Crippen LogP contribution in [0.5, 0.6) is 11.5 Å². The maximum atomic E-state index is 11.2. The van der Waals surface area contributed by atoms with Crippen LogP contribution in [0.2, 0.25) is 0 Å². The normalized spacial score (nSPS) is 10.0. The Kier molecular flexibility index (Phi) is 7.83. The Labute approximate surface area is 158 Å². The highest BCUT2D eigenvalue weighted by atomic mass is 32.2. The van der Waals surface area contributed by atoms with Gasteiger partial charge in [-0.05, 0) is 55.5 Å². The largest absolute Gasteiger partial charge is 0.493 e. The third-order valence-corrected chi connectivity index (χ3v) is 4.26. The van der Waals surface area contributed by atoms with E-state index in [-0.39, 0.29) is 5.97 Å². The molecule has 5 heteroatoms. The van der Waals surface area contributed by atoms with Crippen LogP contribution >= 0.6 is 11.8 Å². The van der Waals surface area contributed by atoms with Gasteiger partial charge in [0.25, 0.3) is 0 Å². The minimum atomic E-state index is -0.365. The summed E-state index contributed by atoms with van der Waals surface area (Å²) >= 11 is 1.66. The number of ether oxygens (including phenoxy) is 3. The SMILES string of the molecule is C=COc1ccc(Sc2ccc(OCCCOC(=O)C(=C)C)cc2)cc1. The fourth-order valence-electron chi connectivity index (χ4n) is 1.96. The van der Waals surface area contributed by atoms with Crippen LogP contribution in [-0.4, -0.2) is 19.2 Å². The lowest BCUT2D eigenvalue weighted by molar-refractivity contribution is -0.139. The molecule has 136 valence electrons.